The number of aromatic nitrogens is 5. The minimum Gasteiger partial charge on any atom is -0.497 e. The standard InChI is InChI=1S/C23H23N7O3/c1-32-18-8-6-17(7-9-18)30-22-20(26-27-30)21(24-15-25-22)28-10-12-29(13-11-28)23(31)16-4-3-5-19(14-16)33-2/h3-9,14-15H,10-13H2,1-2H3. The van der Waals surface area contributed by atoms with E-state index in [0.717, 1.165) is 11.4 Å². The molecule has 10 heteroatoms. The van der Waals surface area contributed by atoms with Crippen molar-refractivity contribution in [1.29, 1.82) is 0 Å². The molecule has 33 heavy (non-hydrogen) atoms. The Balaban J connectivity index is 1.34. The van der Waals surface area contributed by atoms with E-state index in [1.54, 1.807) is 25.0 Å². The maximum atomic E-state index is 12.9. The van der Waals surface area contributed by atoms with Gasteiger partial charge in [0, 0.05) is 31.7 Å². The molecule has 3 heterocycles. The van der Waals surface area contributed by atoms with Gasteiger partial charge < -0.3 is 19.3 Å². The molecule has 0 unspecified atom stereocenters. The highest BCUT2D eigenvalue weighted by atomic mass is 16.5. The van der Waals surface area contributed by atoms with Crippen LogP contribution in [-0.2, 0) is 0 Å². The van der Waals surface area contributed by atoms with E-state index in [1.807, 2.05) is 47.4 Å². The van der Waals surface area contributed by atoms with E-state index in [9.17, 15) is 4.79 Å². The van der Waals surface area contributed by atoms with Crippen LogP contribution in [0.1, 0.15) is 10.4 Å². The molecule has 0 bridgehead atoms. The Kier molecular flexibility index (Phi) is 5.47. The predicted molar refractivity (Wildman–Crippen MR) is 122 cm³/mol. The molecule has 168 valence electrons. The van der Waals surface area contributed by atoms with Crippen LogP contribution in [0.25, 0.3) is 16.9 Å². The number of anilines is 1. The van der Waals surface area contributed by atoms with Gasteiger partial charge >= 0.3 is 0 Å². The first-order valence-corrected chi connectivity index (χ1v) is 10.6. The summed E-state index contributed by atoms with van der Waals surface area (Å²) in [5.41, 5.74) is 2.70. The van der Waals surface area contributed by atoms with Crippen LogP contribution in [-0.4, -0.2) is 76.2 Å². The first-order valence-electron chi connectivity index (χ1n) is 10.6. The zero-order valence-corrected chi connectivity index (χ0v) is 18.4. The number of rotatable bonds is 5. The lowest BCUT2D eigenvalue weighted by molar-refractivity contribution is 0.0746. The zero-order chi connectivity index (χ0) is 22.8. The first kappa shape index (κ1) is 20.7. The molecule has 1 saturated heterocycles. The summed E-state index contributed by atoms with van der Waals surface area (Å²) in [5, 5.41) is 8.65. The molecule has 10 nitrogen and oxygen atoms in total. The van der Waals surface area contributed by atoms with Gasteiger partial charge in [-0.25, -0.2) is 9.97 Å². The van der Waals surface area contributed by atoms with Gasteiger partial charge in [-0.2, -0.15) is 4.68 Å². The highest BCUT2D eigenvalue weighted by molar-refractivity contribution is 5.95. The molecule has 0 N–H and O–H groups in total. The SMILES string of the molecule is COc1ccc(-n2nnc3c(N4CCN(C(=O)c5cccc(OC)c5)CC4)ncnc32)cc1. The lowest BCUT2D eigenvalue weighted by atomic mass is 10.1. The number of carbonyl (C=O) groups is 1. The second kappa shape index (κ2) is 8.73. The van der Waals surface area contributed by atoms with E-state index >= 15 is 0 Å². The predicted octanol–water partition coefficient (Wildman–Crippen LogP) is 2.19. The van der Waals surface area contributed by atoms with Crippen molar-refractivity contribution >= 4 is 22.9 Å². The summed E-state index contributed by atoms with van der Waals surface area (Å²) >= 11 is 0. The molecule has 1 aliphatic rings. The topological polar surface area (TPSA) is 98.5 Å². The van der Waals surface area contributed by atoms with Crippen molar-refractivity contribution in [2.24, 2.45) is 0 Å². The van der Waals surface area contributed by atoms with E-state index < -0.39 is 0 Å². The third kappa shape index (κ3) is 3.91. The number of methoxy groups -OCH3 is 2. The van der Waals surface area contributed by atoms with Crippen molar-refractivity contribution in [3.05, 3.63) is 60.4 Å². The van der Waals surface area contributed by atoms with Gasteiger partial charge in [-0.1, -0.05) is 11.3 Å². The molecule has 0 saturated carbocycles. The highest BCUT2D eigenvalue weighted by Gasteiger charge is 2.25. The van der Waals surface area contributed by atoms with Crippen molar-refractivity contribution in [1.82, 2.24) is 29.9 Å². The summed E-state index contributed by atoms with van der Waals surface area (Å²) in [6.45, 7) is 2.43. The lowest BCUT2D eigenvalue weighted by Gasteiger charge is -2.35. The number of benzene rings is 2. The maximum absolute atomic E-state index is 12.9. The van der Waals surface area contributed by atoms with E-state index in [0.29, 0.717) is 54.5 Å². The fraction of sp³-hybridized carbons (Fsp3) is 0.261. The Morgan fingerprint density at radius 1 is 0.909 bits per heavy atom. The Morgan fingerprint density at radius 3 is 2.39 bits per heavy atom. The van der Waals surface area contributed by atoms with Crippen LogP contribution in [0, 0.1) is 0 Å². The average Bonchev–Trinajstić information content (AvgIpc) is 3.33. The molecule has 0 atom stereocenters. The van der Waals surface area contributed by atoms with Crippen molar-refractivity contribution in [3.8, 4) is 17.2 Å². The van der Waals surface area contributed by atoms with Gasteiger partial charge in [-0.15, -0.1) is 5.10 Å². The average molecular weight is 445 g/mol. The second-order valence-corrected chi connectivity index (χ2v) is 7.58. The van der Waals surface area contributed by atoms with Crippen LogP contribution < -0.4 is 14.4 Å². The minimum atomic E-state index is -0.00756. The number of piperazine rings is 1. The Morgan fingerprint density at radius 2 is 1.67 bits per heavy atom. The number of ether oxygens (including phenoxy) is 2. The van der Waals surface area contributed by atoms with Crippen molar-refractivity contribution in [2.45, 2.75) is 0 Å². The van der Waals surface area contributed by atoms with Crippen molar-refractivity contribution < 1.29 is 14.3 Å². The number of fused-ring (bicyclic) bond motifs is 1. The van der Waals surface area contributed by atoms with Gasteiger partial charge in [0.05, 0.1) is 19.9 Å². The van der Waals surface area contributed by atoms with Crippen LogP contribution in [0.5, 0.6) is 11.5 Å². The molecule has 0 radical (unpaired) electrons. The Labute approximate surface area is 190 Å². The van der Waals surface area contributed by atoms with Gasteiger partial charge in [0.15, 0.2) is 17.0 Å². The van der Waals surface area contributed by atoms with Gasteiger partial charge in [0.1, 0.15) is 17.8 Å². The molecule has 1 amide bonds. The van der Waals surface area contributed by atoms with Gasteiger partial charge in [0.2, 0.25) is 0 Å². The molecular formula is C23H23N7O3. The second-order valence-electron chi connectivity index (χ2n) is 7.58. The number of nitrogens with zero attached hydrogens (tertiary/aromatic N) is 7. The third-order valence-corrected chi connectivity index (χ3v) is 5.72. The van der Waals surface area contributed by atoms with E-state index in [2.05, 4.69) is 25.2 Å². The van der Waals surface area contributed by atoms with Gasteiger partial charge in [-0.05, 0) is 42.5 Å². The molecule has 0 spiro atoms. The summed E-state index contributed by atoms with van der Waals surface area (Å²) in [7, 11) is 3.22. The van der Waals surface area contributed by atoms with Crippen molar-refractivity contribution in [3.63, 3.8) is 0 Å². The fourth-order valence-electron chi connectivity index (χ4n) is 3.93. The summed E-state index contributed by atoms with van der Waals surface area (Å²) < 4.78 is 12.1. The summed E-state index contributed by atoms with van der Waals surface area (Å²) in [6.07, 6.45) is 1.52. The molecular weight excluding hydrogens is 422 g/mol. The highest BCUT2D eigenvalue weighted by Crippen LogP contribution is 2.25. The van der Waals surface area contributed by atoms with Crippen LogP contribution in [0.2, 0.25) is 0 Å². The third-order valence-electron chi connectivity index (χ3n) is 5.72. The van der Waals surface area contributed by atoms with E-state index in [-0.39, 0.29) is 5.91 Å². The molecule has 5 rings (SSSR count). The number of amides is 1. The fourth-order valence-corrected chi connectivity index (χ4v) is 3.93. The van der Waals surface area contributed by atoms with Crippen LogP contribution in [0.3, 0.4) is 0 Å². The van der Waals surface area contributed by atoms with Gasteiger partial charge in [-0.3, -0.25) is 4.79 Å². The normalized spacial score (nSPS) is 13.9. The summed E-state index contributed by atoms with van der Waals surface area (Å²) in [4.78, 5) is 25.8. The Bertz CT molecular complexity index is 1280. The monoisotopic (exact) mass is 445 g/mol. The minimum absolute atomic E-state index is 0.00756. The zero-order valence-electron chi connectivity index (χ0n) is 18.4. The van der Waals surface area contributed by atoms with E-state index in [4.69, 9.17) is 9.47 Å². The molecule has 2 aromatic carbocycles. The summed E-state index contributed by atoms with van der Waals surface area (Å²) in [6, 6.07) is 14.8. The largest absolute Gasteiger partial charge is 0.497 e. The number of carbonyl (C=O) groups excluding carboxylic acids is 1. The smallest absolute Gasteiger partial charge is 0.254 e. The van der Waals surface area contributed by atoms with Crippen LogP contribution >= 0.6 is 0 Å². The van der Waals surface area contributed by atoms with Crippen molar-refractivity contribution in [2.75, 3.05) is 45.3 Å². The van der Waals surface area contributed by atoms with E-state index in [1.165, 1.54) is 6.33 Å². The van der Waals surface area contributed by atoms with Crippen LogP contribution in [0.4, 0.5) is 5.82 Å². The molecule has 1 fully saturated rings. The number of hydrogen-bond donors (Lipinski definition) is 0. The van der Waals surface area contributed by atoms with Gasteiger partial charge in [0.25, 0.3) is 5.91 Å². The molecule has 0 aliphatic carbocycles. The molecule has 4 aromatic rings. The Hall–Kier alpha value is -4.21. The molecule has 2 aromatic heterocycles. The molecule has 1 aliphatic heterocycles. The maximum Gasteiger partial charge on any atom is 0.254 e. The number of hydrogen-bond acceptors (Lipinski definition) is 8. The lowest BCUT2D eigenvalue weighted by Crippen LogP contribution is -2.49. The van der Waals surface area contributed by atoms with Crippen LogP contribution in [0.15, 0.2) is 54.9 Å². The first-order chi connectivity index (χ1) is 16.2. The summed E-state index contributed by atoms with van der Waals surface area (Å²) in [5.74, 6) is 2.14. The quantitative estimate of drug-likeness (QED) is 0.461.